The lowest BCUT2D eigenvalue weighted by molar-refractivity contribution is 0.337. The smallest absolute Gasteiger partial charge is 0.185 e. The second kappa shape index (κ2) is 3.81. The summed E-state index contributed by atoms with van der Waals surface area (Å²) in [6.07, 6.45) is 0. The molecule has 0 aliphatic heterocycles. The molecule has 96 valence electrons. The minimum absolute atomic E-state index is 0.297. The molecule has 0 saturated carbocycles. The summed E-state index contributed by atoms with van der Waals surface area (Å²) in [5.41, 5.74) is 6.53. The topological polar surface area (TPSA) is 64.7 Å². The van der Waals surface area contributed by atoms with E-state index in [0.29, 0.717) is 11.4 Å². The van der Waals surface area contributed by atoms with Crippen LogP contribution in [0.1, 0.15) is 0 Å². The standard InChI is InChI=1S/C16H10N2O2/c17-16-12-7-6-10-3-1-2-9-4-5-11(15(12)14(9)10)8-13(16)20-18-19/h1-8H,17H2. The summed E-state index contributed by atoms with van der Waals surface area (Å²) >= 11 is 0. The summed E-state index contributed by atoms with van der Waals surface area (Å²) in [6.45, 7) is 0. The van der Waals surface area contributed by atoms with Crippen LogP contribution in [0.25, 0.3) is 32.3 Å². The highest BCUT2D eigenvalue weighted by molar-refractivity contribution is 6.25. The predicted octanol–water partition coefficient (Wildman–Crippen LogP) is 4.23. The molecule has 0 heterocycles. The van der Waals surface area contributed by atoms with Crippen LogP contribution in [0.4, 0.5) is 5.69 Å². The van der Waals surface area contributed by atoms with Crippen LogP contribution in [0.5, 0.6) is 5.75 Å². The van der Waals surface area contributed by atoms with Crippen LogP contribution < -0.4 is 10.6 Å². The summed E-state index contributed by atoms with van der Waals surface area (Å²) in [6, 6.07) is 16.0. The van der Waals surface area contributed by atoms with Crippen LogP contribution >= 0.6 is 0 Å². The van der Waals surface area contributed by atoms with Gasteiger partial charge in [-0.3, -0.25) is 0 Å². The second-order valence-corrected chi connectivity index (χ2v) is 4.81. The van der Waals surface area contributed by atoms with E-state index in [4.69, 9.17) is 10.6 Å². The molecule has 4 nitrogen and oxygen atoms in total. The Morgan fingerprint density at radius 3 is 2.35 bits per heavy atom. The molecule has 0 unspecified atom stereocenters. The molecular weight excluding hydrogens is 252 g/mol. The van der Waals surface area contributed by atoms with Crippen LogP contribution in [-0.4, -0.2) is 0 Å². The fourth-order valence-corrected chi connectivity index (χ4v) is 2.92. The Labute approximate surface area is 114 Å². The third-order valence-corrected chi connectivity index (χ3v) is 3.79. The van der Waals surface area contributed by atoms with E-state index in [2.05, 4.69) is 23.5 Å². The number of anilines is 1. The number of hydrogen-bond acceptors (Lipinski definition) is 4. The lowest BCUT2D eigenvalue weighted by Crippen LogP contribution is -1.94. The highest BCUT2D eigenvalue weighted by Crippen LogP contribution is 2.40. The van der Waals surface area contributed by atoms with Crippen LogP contribution in [-0.2, 0) is 0 Å². The average molecular weight is 262 g/mol. The van der Waals surface area contributed by atoms with Crippen molar-refractivity contribution in [1.29, 1.82) is 0 Å². The molecular formula is C16H10N2O2. The minimum Gasteiger partial charge on any atom is -0.395 e. The molecule has 0 aliphatic carbocycles. The fraction of sp³-hybridized carbons (Fsp3) is 0. The van der Waals surface area contributed by atoms with E-state index < -0.39 is 0 Å². The van der Waals surface area contributed by atoms with Gasteiger partial charge in [-0.05, 0) is 33.0 Å². The quantitative estimate of drug-likeness (QED) is 0.254. The molecule has 0 amide bonds. The number of benzene rings is 4. The van der Waals surface area contributed by atoms with E-state index >= 15 is 0 Å². The lowest BCUT2D eigenvalue weighted by Gasteiger charge is -2.13. The van der Waals surface area contributed by atoms with Crippen LogP contribution in [0.3, 0.4) is 0 Å². The Balaban J connectivity index is 2.29. The van der Waals surface area contributed by atoms with Gasteiger partial charge in [-0.1, -0.05) is 42.5 Å². The Bertz CT molecular complexity index is 947. The van der Waals surface area contributed by atoms with E-state index in [0.717, 1.165) is 16.2 Å². The number of nitrogens with zero attached hydrogens (tertiary/aromatic N) is 1. The van der Waals surface area contributed by atoms with Crippen LogP contribution in [0.2, 0.25) is 0 Å². The molecule has 0 fully saturated rings. The van der Waals surface area contributed by atoms with Crippen molar-refractivity contribution in [3.05, 3.63) is 53.4 Å². The minimum atomic E-state index is 0.297. The maximum atomic E-state index is 10.3. The summed E-state index contributed by atoms with van der Waals surface area (Å²) in [4.78, 5) is 15.1. The number of nitrogens with two attached hydrogens (primary N) is 1. The van der Waals surface area contributed by atoms with Gasteiger partial charge in [-0.15, -0.1) is 4.91 Å². The lowest BCUT2D eigenvalue weighted by atomic mass is 9.93. The fourth-order valence-electron chi connectivity index (χ4n) is 2.92. The molecule has 2 N–H and O–H groups in total. The molecule has 4 aromatic rings. The molecule has 4 heteroatoms. The first-order valence-corrected chi connectivity index (χ1v) is 6.25. The monoisotopic (exact) mass is 262 g/mol. The van der Waals surface area contributed by atoms with Crippen LogP contribution in [0.15, 0.2) is 53.9 Å². The zero-order valence-corrected chi connectivity index (χ0v) is 10.5. The van der Waals surface area contributed by atoms with Gasteiger partial charge in [0.05, 0.1) is 5.69 Å². The highest BCUT2D eigenvalue weighted by Gasteiger charge is 2.13. The third kappa shape index (κ3) is 1.30. The third-order valence-electron chi connectivity index (χ3n) is 3.79. The van der Waals surface area contributed by atoms with Crippen molar-refractivity contribution >= 4 is 38.0 Å². The van der Waals surface area contributed by atoms with Crippen molar-refractivity contribution < 1.29 is 4.84 Å². The number of hydrogen-bond donors (Lipinski definition) is 1. The first-order chi connectivity index (χ1) is 9.79. The first-order valence-electron chi connectivity index (χ1n) is 6.25. The molecule has 0 bridgehead atoms. The van der Waals surface area contributed by atoms with Crippen LogP contribution in [0, 0.1) is 4.91 Å². The number of nitrogen functional groups attached to an aromatic ring is 1. The van der Waals surface area contributed by atoms with Gasteiger partial charge in [0.1, 0.15) is 0 Å². The maximum Gasteiger partial charge on any atom is 0.185 e. The average Bonchev–Trinajstić information content (AvgIpc) is 2.48. The molecule has 4 rings (SSSR count). The van der Waals surface area contributed by atoms with Crippen molar-refractivity contribution in [2.75, 3.05) is 5.73 Å². The van der Waals surface area contributed by atoms with Crippen molar-refractivity contribution in [2.24, 2.45) is 5.34 Å². The molecule has 0 aromatic heterocycles. The Hall–Kier alpha value is -2.88. The van der Waals surface area contributed by atoms with Crippen molar-refractivity contribution in [3.63, 3.8) is 0 Å². The van der Waals surface area contributed by atoms with E-state index in [-0.39, 0.29) is 0 Å². The molecule has 0 atom stereocenters. The molecule has 0 spiro atoms. The Morgan fingerprint density at radius 1 is 0.900 bits per heavy atom. The van der Waals surface area contributed by atoms with Crippen molar-refractivity contribution in [2.45, 2.75) is 0 Å². The number of rotatable bonds is 2. The largest absolute Gasteiger partial charge is 0.395 e. The van der Waals surface area contributed by atoms with Gasteiger partial charge in [0, 0.05) is 5.39 Å². The molecule has 20 heavy (non-hydrogen) atoms. The normalized spacial score (nSPS) is 11.4. The van der Waals surface area contributed by atoms with Crippen molar-refractivity contribution in [1.82, 2.24) is 0 Å². The van der Waals surface area contributed by atoms with Gasteiger partial charge in [0.2, 0.25) is 0 Å². The predicted molar refractivity (Wildman–Crippen MR) is 81.0 cm³/mol. The Kier molecular flexibility index (Phi) is 2.09. The van der Waals surface area contributed by atoms with Gasteiger partial charge in [0.15, 0.2) is 11.1 Å². The van der Waals surface area contributed by atoms with Gasteiger partial charge in [0.25, 0.3) is 0 Å². The Morgan fingerprint density at radius 2 is 1.60 bits per heavy atom. The first kappa shape index (κ1) is 11.0. The van der Waals surface area contributed by atoms with E-state index in [9.17, 15) is 4.91 Å². The molecule has 4 aromatic carbocycles. The summed E-state index contributed by atoms with van der Waals surface area (Å²) in [5, 5.41) is 8.95. The SMILES string of the molecule is Nc1c(ON=O)cc2ccc3cccc4ccc1c2c34. The van der Waals surface area contributed by atoms with E-state index in [1.807, 2.05) is 24.3 Å². The maximum absolute atomic E-state index is 10.3. The van der Waals surface area contributed by atoms with Crippen molar-refractivity contribution in [3.8, 4) is 5.75 Å². The molecule has 0 radical (unpaired) electrons. The van der Waals surface area contributed by atoms with Gasteiger partial charge < -0.3 is 10.6 Å². The zero-order chi connectivity index (χ0) is 13.7. The zero-order valence-electron chi connectivity index (χ0n) is 10.5. The summed E-state index contributed by atoms with van der Waals surface area (Å²) < 4.78 is 0. The van der Waals surface area contributed by atoms with Gasteiger partial charge >= 0.3 is 0 Å². The van der Waals surface area contributed by atoms with E-state index in [1.165, 1.54) is 16.2 Å². The van der Waals surface area contributed by atoms with Gasteiger partial charge in [-0.25, -0.2) is 0 Å². The van der Waals surface area contributed by atoms with E-state index in [1.54, 1.807) is 6.07 Å². The molecule has 0 aliphatic rings. The molecule has 0 saturated heterocycles. The summed E-state index contributed by atoms with van der Waals surface area (Å²) in [5.74, 6) is 0.297. The highest BCUT2D eigenvalue weighted by atomic mass is 16.7. The second-order valence-electron chi connectivity index (χ2n) is 4.81. The summed E-state index contributed by atoms with van der Waals surface area (Å²) in [7, 11) is 0. The van der Waals surface area contributed by atoms with Gasteiger partial charge in [-0.2, -0.15) is 0 Å².